The largest absolute Gasteiger partial charge is 0.348 e. The van der Waals surface area contributed by atoms with Crippen LogP contribution in [0.1, 0.15) is 43.0 Å². The number of fused-ring (bicyclic) bond motifs is 2. The third-order valence-corrected chi connectivity index (χ3v) is 6.81. The molecule has 6 heteroatoms. The Morgan fingerprint density at radius 3 is 2.46 bits per heavy atom. The second-order valence-electron chi connectivity index (χ2n) is 7.97. The molecule has 0 spiro atoms. The van der Waals surface area contributed by atoms with E-state index >= 15 is 0 Å². The van der Waals surface area contributed by atoms with Gasteiger partial charge in [0.25, 0.3) is 5.91 Å². The van der Waals surface area contributed by atoms with Crippen molar-refractivity contribution < 1.29 is 9.59 Å². The molecule has 0 atom stereocenters. The summed E-state index contributed by atoms with van der Waals surface area (Å²) in [5.41, 5.74) is 6.03. The molecule has 0 unspecified atom stereocenters. The van der Waals surface area contributed by atoms with Gasteiger partial charge in [0.15, 0.2) is 0 Å². The fourth-order valence-electron chi connectivity index (χ4n) is 3.80. The molecule has 4 aromatic rings. The molecule has 1 N–H and O–H groups in total. The van der Waals surface area contributed by atoms with Gasteiger partial charge >= 0.3 is 0 Å². The molecule has 35 heavy (non-hydrogen) atoms. The van der Waals surface area contributed by atoms with E-state index < -0.39 is 0 Å². The zero-order valence-electron chi connectivity index (χ0n) is 18.6. The van der Waals surface area contributed by atoms with Crippen molar-refractivity contribution in [2.75, 3.05) is 0 Å². The van der Waals surface area contributed by atoms with Crippen LogP contribution in [0.15, 0.2) is 106 Å². The molecule has 5 nitrogen and oxygen atoms in total. The molecule has 1 heterocycles. The van der Waals surface area contributed by atoms with E-state index in [0.29, 0.717) is 28.9 Å². The van der Waals surface area contributed by atoms with E-state index in [4.69, 9.17) is 10.3 Å². The number of nitrogens with zero attached hydrogens (tertiary/aromatic N) is 2. The van der Waals surface area contributed by atoms with Gasteiger partial charge in [0.05, 0.1) is 23.0 Å². The van der Waals surface area contributed by atoms with Crippen LogP contribution in [-0.2, 0) is 6.54 Å². The molecular formula is C29H19N3O2S. The number of aldehydes is 1. The van der Waals surface area contributed by atoms with E-state index in [9.17, 15) is 9.59 Å². The lowest BCUT2D eigenvalue weighted by atomic mass is 10.0. The van der Waals surface area contributed by atoms with Gasteiger partial charge in [0, 0.05) is 38.6 Å². The second-order valence-corrected chi connectivity index (χ2v) is 9.06. The van der Waals surface area contributed by atoms with Crippen molar-refractivity contribution in [2.45, 2.75) is 16.3 Å². The quantitative estimate of drug-likeness (QED) is 0.321. The normalized spacial score (nSPS) is 11.8. The topological polar surface area (TPSA) is 82.3 Å². The first-order valence-electron chi connectivity index (χ1n) is 11.0. The van der Waals surface area contributed by atoms with Crippen LogP contribution < -0.4 is 5.32 Å². The minimum Gasteiger partial charge on any atom is -0.348 e. The molecule has 1 amide bonds. The number of amides is 1. The molecule has 1 aliphatic heterocycles. The zero-order valence-corrected chi connectivity index (χ0v) is 19.4. The number of benzene rings is 4. The second kappa shape index (κ2) is 9.80. The molecule has 0 bridgehead atoms. The molecule has 168 valence electrons. The van der Waals surface area contributed by atoms with Gasteiger partial charge in [-0.15, -0.1) is 0 Å². The molecule has 0 saturated heterocycles. The Hall–Kier alpha value is -4.47. The molecular weight excluding hydrogens is 454 g/mol. The van der Waals surface area contributed by atoms with Crippen molar-refractivity contribution in [3.63, 3.8) is 0 Å². The average Bonchev–Trinajstić information content (AvgIpc) is 3.08. The summed E-state index contributed by atoms with van der Waals surface area (Å²) in [5, 5.41) is 12.1. The summed E-state index contributed by atoms with van der Waals surface area (Å²) < 4.78 is 0. The number of carbonyl (C=O) groups excluding carboxylic acids is 2. The third kappa shape index (κ3) is 4.77. The Labute approximate surface area is 207 Å². The highest BCUT2D eigenvalue weighted by Gasteiger charge is 2.20. The molecule has 1 aliphatic rings. The Balaban J connectivity index is 1.47. The van der Waals surface area contributed by atoms with E-state index in [2.05, 4.69) is 17.5 Å². The predicted octanol–water partition coefficient (Wildman–Crippen LogP) is 5.93. The highest BCUT2D eigenvalue weighted by Crippen LogP contribution is 2.41. The lowest BCUT2D eigenvalue weighted by Crippen LogP contribution is -2.22. The van der Waals surface area contributed by atoms with E-state index in [-0.39, 0.29) is 5.91 Å². The van der Waals surface area contributed by atoms with E-state index in [1.54, 1.807) is 36.0 Å². The summed E-state index contributed by atoms with van der Waals surface area (Å²) in [7, 11) is 0. The van der Waals surface area contributed by atoms with Crippen LogP contribution in [0.4, 0.5) is 5.69 Å². The van der Waals surface area contributed by atoms with Gasteiger partial charge in [-0.05, 0) is 42.0 Å². The smallest absolute Gasteiger partial charge is 0.251 e. The molecule has 0 fully saturated rings. The summed E-state index contributed by atoms with van der Waals surface area (Å²) >= 11 is 1.62. The van der Waals surface area contributed by atoms with Gasteiger partial charge in [-0.25, -0.2) is 4.99 Å². The van der Waals surface area contributed by atoms with E-state index in [1.807, 2.05) is 60.7 Å². The number of carbonyl (C=O) groups is 2. The van der Waals surface area contributed by atoms with Crippen molar-refractivity contribution in [1.82, 2.24) is 5.32 Å². The van der Waals surface area contributed by atoms with Crippen LogP contribution in [0.2, 0.25) is 0 Å². The minimum absolute atomic E-state index is 0.200. The standard InChI is InChI=1S/C29H19N3O2S/c30-16-19-9-11-22(12-10-19)28-24-3-1-2-4-26(24)35-27-14-13-23(15-25(27)32-28)29(34)31-17-20-5-7-21(18-33)8-6-20/h1-15,18H,17H2,(H,31,34). The van der Waals surface area contributed by atoms with E-state index in [0.717, 1.165) is 38.5 Å². The molecule has 0 radical (unpaired) electrons. The fourth-order valence-corrected chi connectivity index (χ4v) is 4.81. The van der Waals surface area contributed by atoms with E-state index in [1.165, 1.54) is 0 Å². The Morgan fingerprint density at radius 2 is 1.71 bits per heavy atom. The van der Waals surface area contributed by atoms with Crippen LogP contribution in [0.5, 0.6) is 0 Å². The minimum atomic E-state index is -0.200. The van der Waals surface area contributed by atoms with Gasteiger partial charge < -0.3 is 5.32 Å². The summed E-state index contributed by atoms with van der Waals surface area (Å²) in [6.45, 7) is 0.356. The first-order valence-corrected chi connectivity index (χ1v) is 11.8. The number of aliphatic imine (C=N–C) groups is 1. The first kappa shape index (κ1) is 22.3. The highest BCUT2D eigenvalue weighted by atomic mass is 32.2. The monoisotopic (exact) mass is 473 g/mol. The number of rotatable bonds is 5. The lowest BCUT2D eigenvalue weighted by molar-refractivity contribution is 0.0950. The van der Waals surface area contributed by atoms with Crippen LogP contribution in [0.3, 0.4) is 0 Å². The molecule has 0 saturated carbocycles. The molecule has 5 rings (SSSR count). The summed E-state index contributed by atoms with van der Waals surface area (Å²) in [5.74, 6) is -0.200. The zero-order chi connectivity index (χ0) is 24.2. The number of nitrogens with one attached hydrogen (secondary N) is 1. The maximum absolute atomic E-state index is 12.9. The van der Waals surface area contributed by atoms with Crippen LogP contribution >= 0.6 is 11.8 Å². The summed E-state index contributed by atoms with van der Waals surface area (Å²) in [6, 6.07) is 30.2. The van der Waals surface area contributed by atoms with Gasteiger partial charge in [-0.3, -0.25) is 9.59 Å². The van der Waals surface area contributed by atoms with Gasteiger partial charge in [-0.1, -0.05) is 66.4 Å². The average molecular weight is 474 g/mol. The van der Waals surface area contributed by atoms with Crippen molar-refractivity contribution in [1.29, 1.82) is 5.26 Å². The van der Waals surface area contributed by atoms with Gasteiger partial charge in [0.1, 0.15) is 6.29 Å². The fraction of sp³-hybridized carbons (Fsp3) is 0.0345. The molecule has 0 aliphatic carbocycles. The van der Waals surface area contributed by atoms with Crippen molar-refractivity contribution in [2.24, 2.45) is 4.99 Å². The third-order valence-electron chi connectivity index (χ3n) is 5.67. The first-order chi connectivity index (χ1) is 17.1. The predicted molar refractivity (Wildman–Crippen MR) is 136 cm³/mol. The summed E-state index contributed by atoms with van der Waals surface area (Å²) in [4.78, 5) is 30.8. The molecule has 0 aromatic heterocycles. The Kier molecular flexibility index (Phi) is 6.25. The highest BCUT2D eigenvalue weighted by molar-refractivity contribution is 7.99. The van der Waals surface area contributed by atoms with Crippen molar-refractivity contribution >= 4 is 35.4 Å². The number of hydrogen-bond acceptors (Lipinski definition) is 5. The SMILES string of the molecule is N#Cc1ccc(C2=Nc3cc(C(=O)NCc4ccc(C=O)cc4)ccc3Sc3ccccc32)cc1. The van der Waals surface area contributed by atoms with Crippen LogP contribution in [0, 0.1) is 11.3 Å². The van der Waals surface area contributed by atoms with Gasteiger partial charge in [-0.2, -0.15) is 5.26 Å². The molecule has 4 aromatic carbocycles. The van der Waals surface area contributed by atoms with Crippen LogP contribution in [-0.4, -0.2) is 17.9 Å². The Bertz CT molecular complexity index is 1500. The Morgan fingerprint density at radius 1 is 0.943 bits per heavy atom. The van der Waals surface area contributed by atoms with Gasteiger partial charge in [0.2, 0.25) is 0 Å². The number of nitriles is 1. The summed E-state index contributed by atoms with van der Waals surface area (Å²) in [6.07, 6.45) is 0.793. The van der Waals surface area contributed by atoms with Crippen molar-refractivity contribution in [3.05, 3.63) is 124 Å². The van der Waals surface area contributed by atoms with Crippen LogP contribution in [0.25, 0.3) is 0 Å². The maximum Gasteiger partial charge on any atom is 0.251 e. The van der Waals surface area contributed by atoms with Crippen molar-refractivity contribution in [3.8, 4) is 6.07 Å². The number of hydrogen-bond donors (Lipinski definition) is 1. The maximum atomic E-state index is 12.9. The lowest BCUT2D eigenvalue weighted by Gasteiger charge is -2.09.